The molecule has 2 nitrogen and oxygen atoms in total. The molecule has 0 atom stereocenters. The van der Waals surface area contributed by atoms with Crippen LogP contribution in [0.3, 0.4) is 0 Å². The summed E-state index contributed by atoms with van der Waals surface area (Å²) in [6.45, 7) is 2.09. The number of benzene rings is 1. The molecule has 0 amide bonds. The molecule has 0 radical (unpaired) electrons. The van der Waals surface area contributed by atoms with Crippen molar-refractivity contribution >= 4 is 28.4 Å². The summed E-state index contributed by atoms with van der Waals surface area (Å²) in [5, 5.41) is 1.10. The van der Waals surface area contributed by atoms with E-state index >= 15 is 0 Å². The molecule has 0 saturated heterocycles. The normalized spacial score (nSPS) is 15.1. The molecule has 2 N–H and O–H groups in total. The number of aromatic nitrogens is 1. The maximum Gasteiger partial charge on any atom is 0.0727 e. The topological polar surface area (TPSA) is 38.9 Å². The van der Waals surface area contributed by atoms with Gasteiger partial charge in [0.15, 0.2) is 0 Å². The predicted octanol–water partition coefficient (Wildman–Crippen LogP) is 3.16. The van der Waals surface area contributed by atoms with E-state index in [2.05, 4.69) is 25.1 Å². The highest BCUT2D eigenvalue weighted by Gasteiger charge is 2.16. The van der Waals surface area contributed by atoms with Crippen molar-refractivity contribution in [3.05, 3.63) is 29.5 Å². The Morgan fingerprint density at radius 2 is 2.25 bits per heavy atom. The zero-order valence-corrected chi connectivity index (χ0v) is 10.1. The molecule has 0 saturated carbocycles. The highest BCUT2D eigenvalue weighted by atomic mass is 32.2. The van der Waals surface area contributed by atoms with Gasteiger partial charge in [0.25, 0.3) is 0 Å². The first-order valence-corrected chi connectivity index (χ1v) is 6.56. The summed E-state index contributed by atoms with van der Waals surface area (Å²) in [7, 11) is 0. The van der Waals surface area contributed by atoms with Crippen LogP contribution < -0.4 is 5.73 Å². The van der Waals surface area contributed by atoms with Gasteiger partial charge in [-0.2, -0.15) is 0 Å². The molecule has 0 fully saturated rings. The molecule has 0 unspecified atom stereocenters. The lowest BCUT2D eigenvalue weighted by Crippen LogP contribution is -2.05. The van der Waals surface area contributed by atoms with E-state index in [1.807, 2.05) is 11.8 Å². The highest BCUT2D eigenvalue weighted by Crippen LogP contribution is 2.37. The molecule has 2 heterocycles. The van der Waals surface area contributed by atoms with E-state index in [0.717, 1.165) is 28.8 Å². The fourth-order valence-corrected chi connectivity index (χ4v) is 3.25. The molecule has 1 aliphatic heterocycles. The van der Waals surface area contributed by atoms with E-state index in [1.54, 1.807) is 0 Å². The minimum Gasteiger partial charge on any atom is -0.397 e. The van der Waals surface area contributed by atoms with Crippen LogP contribution in [-0.2, 0) is 6.42 Å². The minimum absolute atomic E-state index is 0.924. The third-order valence-electron chi connectivity index (χ3n) is 3.01. The van der Waals surface area contributed by atoms with Gasteiger partial charge in [-0.15, -0.1) is 11.8 Å². The second kappa shape index (κ2) is 3.67. The molecule has 0 spiro atoms. The standard InChI is InChI=1S/C13H14N2S/c1-8-4-5-10-9(7-8)12(14)13-11(15-10)3-2-6-16-13/h4-5,7H,2-3,6H2,1H3,(H2,14,15). The molecule has 0 aliphatic carbocycles. The summed E-state index contributed by atoms with van der Waals surface area (Å²) in [5.74, 6) is 1.16. The lowest BCUT2D eigenvalue weighted by atomic mass is 10.1. The molecule has 3 rings (SSSR count). The number of nitrogens with two attached hydrogens (primary N) is 1. The first kappa shape index (κ1) is 9.97. The predicted molar refractivity (Wildman–Crippen MR) is 69.9 cm³/mol. The van der Waals surface area contributed by atoms with Crippen LogP contribution in [0.2, 0.25) is 0 Å². The third kappa shape index (κ3) is 1.47. The fourth-order valence-electron chi connectivity index (χ4n) is 2.18. The Labute approximate surface area is 99.2 Å². The Kier molecular flexibility index (Phi) is 2.28. The highest BCUT2D eigenvalue weighted by molar-refractivity contribution is 7.99. The van der Waals surface area contributed by atoms with Gasteiger partial charge in [0, 0.05) is 5.39 Å². The first-order valence-electron chi connectivity index (χ1n) is 5.57. The molecular weight excluding hydrogens is 216 g/mol. The van der Waals surface area contributed by atoms with Gasteiger partial charge in [-0.3, -0.25) is 4.98 Å². The van der Waals surface area contributed by atoms with E-state index in [0.29, 0.717) is 0 Å². The smallest absolute Gasteiger partial charge is 0.0727 e. The summed E-state index contributed by atoms with van der Waals surface area (Å²) in [6.07, 6.45) is 2.28. The van der Waals surface area contributed by atoms with Crippen molar-refractivity contribution in [1.29, 1.82) is 0 Å². The van der Waals surface area contributed by atoms with Gasteiger partial charge >= 0.3 is 0 Å². The van der Waals surface area contributed by atoms with Gasteiger partial charge in [-0.25, -0.2) is 0 Å². The monoisotopic (exact) mass is 230 g/mol. The first-order chi connectivity index (χ1) is 7.75. The van der Waals surface area contributed by atoms with Gasteiger partial charge in [0.1, 0.15) is 0 Å². The van der Waals surface area contributed by atoms with Gasteiger partial charge in [0.05, 0.1) is 21.8 Å². The number of hydrogen-bond donors (Lipinski definition) is 1. The molecule has 1 aliphatic rings. The summed E-state index contributed by atoms with van der Waals surface area (Å²) in [4.78, 5) is 5.93. The summed E-state index contributed by atoms with van der Waals surface area (Å²) >= 11 is 1.85. The van der Waals surface area contributed by atoms with Gasteiger partial charge in [0.2, 0.25) is 0 Å². The molecule has 1 aromatic carbocycles. The number of pyridine rings is 1. The van der Waals surface area contributed by atoms with Crippen LogP contribution in [-0.4, -0.2) is 10.7 Å². The van der Waals surface area contributed by atoms with E-state index < -0.39 is 0 Å². The third-order valence-corrected chi connectivity index (χ3v) is 4.25. The number of rotatable bonds is 0. The molecule has 3 heteroatoms. The van der Waals surface area contributed by atoms with Crippen molar-refractivity contribution < 1.29 is 0 Å². The Morgan fingerprint density at radius 3 is 3.12 bits per heavy atom. The van der Waals surface area contributed by atoms with Crippen LogP contribution in [0.1, 0.15) is 17.7 Å². The van der Waals surface area contributed by atoms with Crippen LogP contribution in [0.4, 0.5) is 5.69 Å². The molecule has 82 valence electrons. The molecule has 1 aromatic heterocycles. The number of fused-ring (bicyclic) bond motifs is 2. The van der Waals surface area contributed by atoms with E-state index in [9.17, 15) is 0 Å². The van der Waals surface area contributed by atoms with Crippen LogP contribution in [0, 0.1) is 6.92 Å². The molecule has 0 bridgehead atoms. The van der Waals surface area contributed by atoms with Crippen LogP contribution in [0.5, 0.6) is 0 Å². The van der Waals surface area contributed by atoms with Crippen molar-refractivity contribution in [2.75, 3.05) is 11.5 Å². The second-order valence-electron chi connectivity index (χ2n) is 4.27. The van der Waals surface area contributed by atoms with Crippen molar-refractivity contribution in [1.82, 2.24) is 4.98 Å². The van der Waals surface area contributed by atoms with Gasteiger partial charge < -0.3 is 5.73 Å². The summed E-state index contributed by atoms with van der Waals surface area (Å²) < 4.78 is 0. The zero-order valence-electron chi connectivity index (χ0n) is 9.29. The summed E-state index contributed by atoms with van der Waals surface area (Å²) in [5.41, 5.74) is 10.6. The van der Waals surface area contributed by atoms with Crippen LogP contribution >= 0.6 is 11.8 Å². The summed E-state index contributed by atoms with van der Waals surface area (Å²) in [6, 6.07) is 6.30. The SMILES string of the molecule is Cc1ccc2nc3c(c(N)c2c1)SCCC3. The van der Waals surface area contributed by atoms with Crippen molar-refractivity contribution in [3.8, 4) is 0 Å². The molecule has 2 aromatic rings. The Morgan fingerprint density at radius 1 is 1.38 bits per heavy atom. The van der Waals surface area contributed by atoms with Gasteiger partial charge in [-0.05, 0) is 37.7 Å². The zero-order chi connectivity index (χ0) is 11.1. The minimum atomic E-state index is 0.924. The lowest BCUT2D eigenvalue weighted by molar-refractivity contribution is 0.855. The number of nitrogens with zero attached hydrogens (tertiary/aromatic N) is 1. The lowest BCUT2D eigenvalue weighted by Gasteiger charge is -2.18. The number of thioether (sulfide) groups is 1. The van der Waals surface area contributed by atoms with E-state index in [-0.39, 0.29) is 0 Å². The average molecular weight is 230 g/mol. The van der Waals surface area contributed by atoms with Gasteiger partial charge in [-0.1, -0.05) is 11.6 Å². The second-order valence-corrected chi connectivity index (χ2v) is 5.38. The Bertz CT molecular complexity index is 563. The fraction of sp³-hybridized carbons (Fsp3) is 0.308. The quantitative estimate of drug-likeness (QED) is 0.755. The van der Waals surface area contributed by atoms with E-state index in [4.69, 9.17) is 10.7 Å². The molecular formula is C13H14N2S. The number of anilines is 1. The van der Waals surface area contributed by atoms with Crippen molar-refractivity contribution in [2.45, 2.75) is 24.7 Å². The Hall–Kier alpha value is -1.22. The van der Waals surface area contributed by atoms with Crippen molar-refractivity contribution in [2.24, 2.45) is 0 Å². The maximum atomic E-state index is 6.25. The number of hydrogen-bond acceptors (Lipinski definition) is 3. The van der Waals surface area contributed by atoms with Crippen molar-refractivity contribution in [3.63, 3.8) is 0 Å². The average Bonchev–Trinajstić information content (AvgIpc) is 2.31. The largest absolute Gasteiger partial charge is 0.397 e. The maximum absolute atomic E-state index is 6.25. The molecule has 16 heavy (non-hydrogen) atoms. The number of aryl methyl sites for hydroxylation is 2. The van der Waals surface area contributed by atoms with Crippen LogP contribution in [0.25, 0.3) is 10.9 Å². The van der Waals surface area contributed by atoms with Crippen LogP contribution in [0.15, 0.2) is 23.1 Å². The Balaban J connectivity index is 2.35. The number of nitrogen functional groups attached to an aromatic ring is 1. The van der Waals surface area contributed by atoms with E-state index in [1.165, 1.54) is 22.6 Å².